The number of amides is 1. The van der Waals surface area contributed by atoms with Crippen molar-refractivity contribution < 1.29 is 9.53 Å². The number of nitrogens with zero attached hydrogens (tertiary/aromatic N) is 2. The van der Waals surface area contributed by atoms with Crippen molar-refractivity contribution in [3.63, 3.8) is 0 Å². The van der Waals surface area contributed by atoms with E-state index in [0.29, 0.717) is 24.9 Å². The molecule has 1 heterocycles. The lowest BCUT2D eigenvalue weighted by Gasteiger charge is -2.14. The zero-order valence-electron chi connectivity index (χ0n) is 14.7. The van der Waals surface area contributed by atoms with Gasteiger partial charge in [-0.05, 0) is 37.1 Å². The van der Waals surface area contributed by atoms with Crippen molar-refractivity contribution in [2.24, 2.45) is 11.5 Å². The molecule has 0 radical (unpaired) electrons. The fourth-order valence-electron chi connectivity index (χ4n) is 2.42. The zero-order chi connectivity index (χ0) is 18.4. The van der Waals surface area contributed by atoms with Crippen LogP contribution in [0.25, 0.3) is 0 Å². The first kappa shape index (κ1) is 18.6. The van der Waals surface area contributed by atoms with E-state index in [1.807, 2.05) is 26.0 Å². The standard InChI is InChI=1S/C17H24N6O2/c1-10-4-11(2)6-13(5-10)22-16-14(15(19)24)8-21-17(23-16)20-7-12(18)9-25-3/h4-6,8,12H,7,9,18H2,1-3H3,(H2,19,24)(H2,20,21,22,23). The lowest BCUT2D eigenvalue weighted by molar-refractivity contribution is 0.100. The maximum Gasteiger partial charge on any atom is 0.254 e. The normalized spacial score (nSPS) is 11.8. The Balaban J connectivity index is 2.24. The van der Waals surface area contributed by atoms with Crippen LogP contribution in [0.5, 0.6) is 0 Å². The highest BCUT2D eigenvalue weighted by molar-refractivity contribution is 5.98. The number of primary amides is 1. The van der Waals surface area contributed by atoms with Crippen LogP contribution in [0.15, 0.2) is 24.4 Å². The number of nitrogens with one attached hydrogen (secondary N) is 2. The van der Waals surface area contributed by atoms with E-state index in [4.69, 9.17) is 16.2 Å². The number of rotatable bonds is 8. The molecule has 0 fully saturated rings. The van der Waals surface area contributed by atoms with E-state index >= 15 is 0 Å². The summed E-state index contributed by atoms with van der Waals surface area (Å²) < 4.78 is 4.99. The van der Waals surface area contributed by atoms with Crippen LogP contribution < -0.4 is 22.1 Å². The van der Waals surface area contributed by atoms with Crippen LogP contribution in [0, 0.1) is 13.8 Å². The SMILES string of the molecule is COCC(N)CNc1ncc(C(N)=O)c(Nc2cc(C)cc(C)c2)n1. The van der Waals surface area contributed by atoms with Gasteiger partial charge in [0, 0.05) is 31.6 Å². The monoisotopic (exact) mass is 344 g/mol. The second kappa shape index (κ2) is 8.41. The summed E-state index contributed by atoms with van der Waals surface area (Å²) in [5, 5.41) is 6.17. The van der Waals surface area contributed by atoms with Crippen LogP contribution in [0.2, 0.25) is 0 Å². The molecule has 0 spiro atoms. The number of methoxy groups -OCH3 is 1. The molecule has 1 aromatic heterocycles. The Bertz CT molecular complexity index is 730. The number of hydrogen-bond donors (Lipinski definition) is 4. The minimum absolute atomic E-state index is 0.194. The number of aryl methyl sites for hydroxylation is 2. The van der Waals surface area contributed by atoms with Crippen molar-refractivity contribution in [3.05, 3.63) is 41.1 Å². The summed E-state index contributed by atoms with van der Waals surface area (Å²) in [7, 11) is 1.59. The Labute approximate surface area is 147 Å². The first-order valence-electron chi connectivity index (χ1n) is 7.89. The van der Waals surface area contributed by atoms with Crippen LogP contribution in [0.1, 0.15) is 21.5 Å². The average Bonchev–Trinajstić information content (AvgIpc) is 2.52. The highest BCUT2D eigenvalue weighted by Gasteiger charge is 2.13. The van der Waals surface area contributed by atoms with Gasteiger partial charge in [0.25, 0.3) is 5.91 Å². The van der Waals surface area contributed by atoms with Gasteiger partial charge in [-0.15, -0.1) is 0 Å². The molecule has 0 saturated heterocycles. The van der Waals surface area contributed by atoms with Gasteiger partial charge in [0.2, 0.25) is 5.95 Å². The van der Waals surface area contributed by atoms with Crippen LogP contribution in [-0.2, 0) is 4.74 Å². The summed E-state index contributed by atoms with van der Waals surface area (Å²) in [4.78, 5) is 20.1. The molecule has 0 aliphatic carbocycles. The predicted molar refractivity (Wildman–Crippen MR) is 98.1 cm³/mol. The molecular formula is C17H24N6O2. The maximum absolute atomic E-state index is 11.7. The number of aromatic nitrogens is 2. The second-order valence-corrected chi connectivity index (χ2v) is 5.92. The maximum atomic E-state index is 11.7. The molecule has 1 unspecified atom stereocenters. The van der Waals surface area contributed by atoms with Gasteiger partial charge in [-0.2, -0.15) is 4.98 Å². The smallest absolute Gasteiger partial charge is 0.254 e. The van der Waals surface area contributed by atoms with E-state index in [-0.39, 0.29) is 11.6 Å². The van der Waals surface area contributed by atoms with Gasteiger partial charge < -0.3 is 26.8 Å². The number of nitrogens with two attached hydrogens (primary N) is 2. The number of carbonyl (C=O) groups excluding carboxylic acids is 1. The summed E-state index contributed by atoms with van der Waals surface area (Å²) in [5.74, 6) is 0.0910. The van der Waals surface area contributed by atoms with Crippen LogP contribution in [0.4, 0.5) is 17.5 Å². The molecule has 0 bridgehead atoms. The van der Waals surface area contributed by atoms with Gasteiger partial charge in [-0.3, -0.25) is 4.79 Å². The number of anilines is 3. The average molecular weight is 344 g/mol. The van der Waals surface area contributed by atoms with E-state index in [1.165, 1.54) is 6.20 Å². The number of hydrogen-bond acceptors (Lipinski definition) is 7. The largest absolute Gasteiger partial charge is 0.383 e. The predicted octanol–water partition coefficient (Wildman–Crippen LogP) is 1.32. The van der Waals surface area contributed by atoms with E-state index in [1.54, 1.807) is 7.11 Å². The van der Waals surface area contributed by atoms with Crippen LogP contribution in [0.3, 0.4) is 0 Å². The summed E-state index contributed by atoms with van der Waals surface area (Å²) in [6, 6.07) is 5.79. The molecular weight excluding hydrogens is 320 g/mol. The fourth-order valence-corrected chi connectivity index (χ4v) is 2.42. The van der Waals surface area contributed by atoms with E-state index in [0.717, 1.165) is 16.8 Å². The van der Waals surface area contributed by atoms with Crippen molar-refractivity contribution >= 4 is 23.4 Å². The van der Waals surface area contributed by atoms with Gasteiger partial charge in [0.05, 0.1) is 6.61 Å². The Morgan fingerprint density at radius 1 is 1.28 bits per heavy atom. The first-order valence-corrected chi connectivity index (χ1v) is 7.89. The van der Waals surface area contributed by atoms with Crippen molar-refractivity contribution in [1.82, 2.24) is 9.97 Å². The van der Waals surface area contributed by atoms with Gasteiger partial charge >= 0.3 is 0 Å². The molecule has 25 heavy (non-hydrogen) atoms. The number of benzene rings is 1. The third-order valence-corrected chi connectivity index (χ3v) is 3.44. The lowest BCUT2D eigenvalue weighted by atomic mass is 10.1. The molecule has 1 atom stereocenters. The quantitative estimate of drug-likeness (QED) is 0.568. The Hall–Kier alpha value is -2.71. The minimum Gasteiger partial charge on any atom is -0.383 e. The summed E-state index contributed by atoms with van der Waals surface area (Å²) in [6.45, 7) is 4.85. The number of ether oxygens (including phenoxy) is 1. The molecule has 1 aromatic carbocycles. The first-order chi connectivity index (χ1) is 11.9. The van der Waals surface area contributed by atoms with Gasteiger partial charge in [0.15, 0.2) is 0 Å². The molecule has 1 amide bonds. The van der Waals surface area contributed by atoms with Gasteiger partial charge in [-0.1, -0.05) is 6.07 Å². The Kier molecular flexibility index (Phi) is 6.26. The van der Waals surface area contributed by atoms with Crippen molar-refractivity contribution in [2.75, 3.05) is 30.9 Å². The van der Waals surface area contributed by atoms with Crippen LogP contribution >= 0.6 is 0 Å². The highest BCUT2D eigenvalue weighted by atomic mass is 16.5. The zero-order valence-corrected chi connectivity index (χ0v) is 14.7. The molecule has 8 heteroatoms. The van der Waals surface area contributed by atoms with Crippen molar-refractivity contribution in [3.8, 4) is 0 Å². The fraction of sp³-hybridized carbons (Fsp3) is 0.353. The molecule has 0 saturated carbocycles. The molecule has 6 N–H and O–H groups in total. The van der Waals surface area contributed by atoms with Crippen molar-refractivity contribution in [2.45, 2.75) is 19.9 Å². The summed E-state index contributed by atoms with van der Waals surface area (Å²) >= 11 is 0. The van der Waals surface area contributed by atoms with Gasteiger partial charge in [-0.25, -0.2) is 4.98 Å². The summed E-state index contributed by atoms with van der Waals surface area (Å²) in [6.07, 6.45) is 1.39. The van der Waals surface area contributed by atoms with Crippen LogP contribution in [-0.4, -0.2) is 42.2 Å². The molecule has 0 aliphatic heterocycles. The van der Waals surface area contributed by atoms with Crippen molar-refractivity contribution in [1.29, 1.82) is 0 Å². The molecule has 2 rings (SSSR count). The third-order valence-electron chi connectivity index (χ3n) is 3.44. The molecule has 0 aliphatic rings. The third kappa shape index (κ3) is 5.40. The van der Waals surface area contributed by atoms with E-state index in [2.05, 4.69) is 26.7 Å². The van der Waals surface area contributed by atoms with E-state index < -0.39 is 5.91 Å². The van der Waals surface area contributed by atoms with E-state index in [9.17, 15) is 4.79 Å². The topological polar surface area (TPSA) is 128 Å². The second-order valence-electron chi connectivity index (χ2n) is 5.92. The minimum atomic E-state index is -0.602. The Morgan fingerprint density at radius 2 is 1.96 bits per heavy atom. The number of carbonyl (C=O) groups is 1. The lowest BCUT2D eigenvalue weighted by Crippen LogP contribution is -2.33. The molecule has 134 valence electrons. The molecule has 8 nitrogen and oxygen atoms in total. The Morgan fingerprint density at radius 3 is 2.56 bits per heavy atom. The van der Waals surface area contributed by atoms with Gasteiger partial charge in [0.1, 0.15) is 11.4 Å². The highest BCUT2D eigenvalue weighted by Crippen LogP contribution is 2.21. The molecule has 2 aromatic rings. The summed E-state index contributed by atoms with van der Waals surface area (Å²) in [5.41, 5.74) is 14.5.